The van der Waals surface area contributed by atoms with E-state index in [1.54, 1.807) is 0 Å². The van der Waals surface area contributed by atoms with Gasteiger partial charge < -0.3 is 10.5 Å². The van der Waals surface area contributed by atoms with Crippen LogP contribution < -0.4 is 10.5 Å². The zero-order chi connectivity index (χ0) is 17.2. The Labute approximate surface area is 146 Å². The first-order valence-corrected chi connectivity index (χ1v) is 8.92. The first-order valence-electron chi connectivity index (χ1n) is 8.92. The van der Waals surface area contributed by atoms with Crippen LogP contribution in [0.5, 0.6) is 5.75 Å². The van der Waals surface area contributed by atoms with Gasteiger partial charge in [-0.2, -0.15) is 0 Å². The summed E-state index contributed by atoms with van der Waals surface area (Å²) in [6.45, 7) is 5.18. The summed E-state index contributed by atoms with van der Waals surface area (Å²) in [5.74, 6) is 0.960. The van der Waals surface area contributed by atoms with E-state index in [4.69, 9.17) is 10.5 Å². The van der Waals surface area contributed by atoms with Gasteiger partial charge in [0.1, 0.15) is 5.75 Å². The molecule has 0 unspecified atom stereocenters. The molecular weight excluding hydrogens is 294 g/mol. The summed E-state index contributed by atoms with van der Waals surface area (Å²) in [4.78, 5) is 0. The Morgan fingerprint density at radius 3 is 2.38 bits per heavy atom. The average molecular weight is 323 g/mol. The van der Waals surface area contributed by atoms with Gasteiger partial charge in [0, 0.05) is 5.69 Å². The molecule has 0 aliphatic heterocycles. The molecule has 2 aromatic carbocycles. The lowest BCUT2D eigenvalue weighted by atomic mass is 10.0. The second-order valence-corrected chi connectivity index (χ2v) is 6.36. The predicted octanol–water partition coefficient (Wildman–Crippen LogP) is 5.87. The number of unbranched alkanes of at least 4 members (excludes halogenated alkanes) is 1. The molecule has 0 radical (unpaired) electrons. The first kappa shape index (κ1) is 18.1. The second-order valence-electron chi connectivity index (χ2n) is 6.36. The third-order valence-electron chi connectivity index (χ3n) is 4.08. The number of hydrogen-bond acceptors (Lipinski definition) is 2. The molecule has 2 heteroatoms. The number of anilines is 1. The van der Waals surface area contributed by atoms with Crippen molar-refractivity contribution in [2.45, 2.75) is 46.0 Å². The maximum absolute atomic E-state index is 5.72. The highest BCUT2D eigenvalue weighted by molar-refractivity contribution is 5.53. The van der Waals surface area contributed by atoms with E-state index in [9.17, 15) is 0 Å². The highest BCUT2D eigenvalue weighted by Crippen LogP contribution is 2.17. The molecule has 0 heterocycles. The zero-order valence-electron chi connectivity index (χ0n) is 14.9. The molecule has 0 aromatic heterocycles. The molecule has 0 amide bonds. The SMILES string of the molecule is CCCCOc1ccc(/C=C(\C)CCCc2ccc(N)cc2)cc1. The van der Waals surface area contributed by atoms with Gasteiger partial charge in [0.25, 0.3) is 0 Å². The van der Waals surface area contributed by atoms with Gasteiger partial charge in [-0.15, -0.1) is 0 Å². The normalized spacial score (nSPS) is 11.5. The van der Waals surface area contributed by atoms with Crippen LogP contribution in [0.1, 0.15) is 50.7 Å². The van der Waals surface area contributed by atoms with Gasteiger partial charge >= 0.3 is 0 Å². The molecule has 0 atom stereocenters. The van der Waals surface area contributed by atoms with E-state index in [2.05, 4.69) is 56.3 Å². The molecule has 0 spiro atoms. The van der Waals surface area contributed by atoms with Crippen molar-refractivity contribution in [1.82, 2.24) is 0 Å². The molecule has 2 rings (SSSR count). The van der Waals surface area contributed by atoms with Crippen molar-refractivity contribution in [3.8, 4) is 5.75 Å². The van der Waals surface area contributed by atoms with Crippen molar-refractivity contribution in [3.05, 3.63) is 65.2 Å². The number of benzene rings is 2. The first-order chi connectivity index (χ1) is 11.7. The smallest absolute Gasteiger partial charge is 0.119 e. The number of nitrogen functional groups attached to an aromatic ring is 1. The number of hydrogen-bond donors (Lipinski definition) is 1. The second kappa shape index (κ2) is 9.82. The molecule has 0 bridgehead atoms. The Morgan fingerprint density at radius 1 is 1.00 bits per heavy atom. The molecule has 0 saturated carbocycles. The quantitative estimate of drug-likeness (QED) is 0.462. The number of nitrogens with two attached hydrogens (primary N) is 1. The van der Waals surface area contributed by atoms with Crippen molar-refractivity contribution in [2.75, 3.05) is 12.3 Å². The van der Waals surface area contributed by atoms with E-state index < -0.39 is 0 Å². The molecular formula is C22H29NO. The standard InChI is InChI=1S/C22H29NO/c1-3-4-16-24-22-14-10-20(11-15-22)17-18(2)6-5-7-19-8-12-21(23)13-9-19/h8-15,17H,3-7,16,23H2,1-2H3/b18-17+. The van der Waals surface area contributed by atoms with E-state index in [0.717, 1.165) is 50.1 Å². The maximum atomic E-state index is 5.72. The van der Waals surface area contributed by atoms with Crippen molar-refractivity contribution >= 4 is 11.8 Å². The lowest BCUT2D eigenvalue weighted by Crippen LogP contribution is -1.95. The molecule has 2 N–H and O–H groups in total. The summed E-state index contributed by atoms with van der Waals surface area (Å²) in [5.41, 5.74) is 10.5. The van der Waals surface area contributed by atoms with Crippen LogP contribution in [0.15, 0.2) is 54.1 Å². The summed E-state index contributed by atoms with van der Waals surface area (Å²) in [7, 11) is 0. The van der Waals surface area contributed by atoms with Crippen molar-refractivity contribution in [1.29, 1.82) is 0 Å². The lowest BCUT2D eigenvalue weighted by Gasteiger charge is -2.06. The minimum absolute atomic E-state index is 0.801. The van der Waals surface area contributed by atoms with Crippen LogP contribution in [0.25, 0.3) is 6.08 Å². The summed E-state index contributed by atoms with van der Waals surface area (Å²) in [5, 5.41) is 0. The van der Waals surface area contributed by atoms with Crippen LogP contribution in [0.4, 0.5) is 5.69 Å². The summed E-state index contributed by atoms with van der Waals surface area (Å²) in [6.07, 6.45) is 7.89. The van der Waals surface area contributed by atoms with Gasteiger partial charge in [0.15, 0.2) is 0 Å². The largest absolute Gasteiger partial charge is 0.494 e. The molecule has 0 saturated heterocycles. The van der Waals surface area contributed by atoms with Crippen LogP contribution in [-0.4, -0.2) is 6.61 Å². The van der Waals surface area contributed by atoms with E-state index in [0.29, 0.717) is 0 Å². The highest BCUT2D eigenvalue weighted by Gasteiger charge is 1.97. The Balaban J connectivity index is 1.78. The maximum Gasteiger partial charge on any atom is 0.119 e. The van der Waals surface area contributed by atoms with Gasteiger partial charge in [-0.3, -0.25) is 0 Å². The lowest BCUT2D eigenvalue weighted by molar-refractivity contribution is 0.309. The minimum Gasteiger partial charge on any atom is -0.494 e. The average Bonchev–Trinajstić information content (AvgIpc) is 2.58. The van der Waals surface area contributed by atoms with Gasteiger partial charge in [-0.05, 0) is 68.0 Å². The van der Waals surface area contributed by atoms with Gasteiger partial charge in [0.2, 0.25) is 0 Å². The molecule has 0 aliphatic rings. The van der Waals surface area contributed by atoms with Crippen LogP contribution in [0, 0.1) is 0 Å². The van der Waals surface area contributed by atoms with Crippen LogP contribution in [0.3, 0.4) is 0 Å². The Kier molecular flexibility index (Phi) is 7.41. The van der Waals surface area contributed by atoms with Crippen LogP contribution in [-0.2, 0) is 6.42 Å². The van der Waals surface area contributed by atoms with Gasteiger partial charge in [-0.1, -0.05) is 49.3 Å². The molecule has 128 valence electrons. The van der Waals surface area contributed by atoms with Crippen LogP contribution >= 0.6 is 0 Å². The Morgan fingerprint density at radius 2 is 1.71 bits per heavy atom. The Bertz CT molecular complexity index is 626. The number of ether oxygens (including phenoxy) is 1. The molecule has 0 aliphatic carbocycles. The van der Waals surface area contributed by atoms with Crippen molar-refractivity contribution < 1.29 is 4.74 Å². The van der Waals surface area contributed by atoms with Crippen LogP contribution in [0.2, 0.25) is 0 Å². The Hall–Kier alpha value is -2.22. The van der Waals surface area contributed by atoms with Crippen molar-refractivity contribution in [3.63, 3.8) is 0 Å². The molecule has 2 aromatic rings. The fourth-order valence-corrected chi connectivity index (χ4v) is 2.61. The number of allylic oxidation sites excluding steroid dienone is 1. The fourth-order valence-electron chi connectivity index (χ4n) is 2.61. The monoisotopic (exact) mass is 323 g/mol. The summed E-state index contributed by atoms with van der Waals surface area (Å²) in [6, 6.07) is 16.6. The van der Waals surface area contributed by atoms with E-state index in [1.165, 1.54) is 16.7 Å². The van der Waals surface area contributed by atoms with E-state index >= 15 is 0 Å². The van der Waals surface area contributed by atoms with Gasteiger partial charge in [-0.25, -0.2) is 0 Å². The summed E-state index contributed by atoms with van der Waals surface area (Å²) < 4.78 is 5.70. The molecule has 2 nitrogen and oxygen atoms in total. The van der Waals surface area contributed by atoms with Gasteiger partial charge in [0.05, 0.1) is 6.61 Å². The predicted molar refractivity (Wildman–Crippen MR) is 104 cm³/mol. The molecule has 24 heavy (non-hydrogen) atoms. The summed E-state index contributed by atoms with van der Waals surface area (Å²) >= 11 is 0. The van der Waals surface area contributed by atoms with Crippen molar-refractivity contribution in [2.24, 2.45) is 0 Å². The number of rotatable bonds is 9. The zero-order valence-corrected chi connectivity index (χ0v) is 14.9. The van der Waals surface area contributed by atoms with E-state index in [1.807, 2.05) is 12.1 Å². The highest BCUT2D eigenvalue weighted by atomic mass is 16.5. The third kappa shape index (κ3) is 6.49. The third-order valence-corrected chi connectivity index (χ3v) is 4.08. The molecule has 0 fully saturated rings. The fraction of sp³-hybridized carbons (Fsp3) is 0.364. The minimum atomic E-state index is 0.801. The van der Waals surface area contributed by atoms with E-state index in [-0.39, 0.29) is 0 Å². The number of aryl methyl sites for hydroxylation is 1. The topological polar surface area (TPSA) is 35.2 Å².